The van der Waals surface area contributed by atoms with E-state index >= 15 is 0 Å². The zero-order valence-electron chi connectivity index (χ0n) is 11.7. The van der Waals surface area contributed by atoms with E-state index < -0.39 is 0 Å². The molecule has 0 spiro atoms. The maximum atomic E-state index is 10.1. The molecule has 0 unspecified atom stereocenters. The minimum Gasteiger partial charge on any atom is -0.507 e. The molecular weight excluding hydrogens is 264 g/mol. The summed E-state index contributed by atoms with van der Waals surface area (Å²) >= 11 is 0. The fourth-order valence-electron chi connectivity index (χ4n) is 2.26. The van der Waals surface area contributed by atoms with Crippen LogP contribution in [0, 0.1) is 0 Å². The third-order valence-corrected chi connectivity index (χ3v) is 3.26. The third kappa shape index (κ3) is 3.08. The number of allylic oxidation sites excluding steroid dienone is 2. The van der Waals surface area contributed by atoms with Crippen LogP contribution in [0.25, 0.3) is 11.1 Å². The topological polar surface area (TPSA) is 60.7 Å². The third-order valence-electron chi connectivity index (χ3n) is 3.26. The molecular formula is C18H18O3. The largest absolute Gasteiger partial charge is 0.507 e. The zero-order chi connectivity index (χ0) is 15.4. The monoisotopic (exact) mass is 282 g/mol. The van der Waals surface area contributed by atoms with E-state index in [-0.39, 0.29) is 17.2 Å². The van der Waals surface area contributed by atoms with Gasteiger partial charge in [-0.15, -0.1) is 13.2 Å². The van der Waals surface area contributed by atoms with Crippen LogP contribution in [0.2, 0.25) is 0 Å². The van der Waals surface area contributed by atoms with Gasteiger partial charge in [0, 0.05) is 11.1 Å². The van der Waals surface area contributed by atoms with E-state index in [1.807, 2.05) is 0 Å². The lowest BCUT2D eigenvalue weighted by molar-refractivity contribution is 0.404. The molecule has 0 saturated heterocycles. The molecule has 0 radical (unpaired) electrons. The maximum absolute atomic E-state index is 10.1. The smallest absolute Gasteiger partial charge is 0.165 e. The Morgan fingerprint density at radius 2 is 1.38 bits per heavy atom. The van der Waals surface area contributed by atoms with Gasteiger partial charge in [-0.3, -0.25) is 0 Å². The molecule has 0 heterocycles. The van der Waals surface area contributed by atoms with Crippen molar-refractivity contribution in [2.45, 2.75) is 12.8 Å². The second kappa shape index (κ2) is 6.18. The Morgan fingerprint density at radius 3 is 2.05 bits per heavy atom. The van der Waals surface area contributed by atoms with Gasteiger partial charge in [-0.1, -0.05) is 18.2 Å². The molecule has 3 N–H and O–H groups in total. The van der Waals surface area contributed by atoms with Gasteiger partial charge in [-0.05, 0) is 48.2 Å². The first-order valence-corrected chi connectivity index (χ1v) is 6.65. The van der Waals surface area contributed by atoms with Crippen molar-refractivity contribution in [3.05, 3.63) is 66.8 Å². The average Bonchev–Trinajstić information content (AvgIpc) is 2.45. The summed E-state index contributed by atoms with van der Waals surface area (Å²) in [7, 11) is 0. The highest BCUT2D eigenvalue weighted by Gasteiger charge is 2.14. The Hall–Kier alpha value is -2.68. The summed E-state index contributed by atoms with van der Waals surface area (Å²) in [5.41, 5.74) is 2.65. The minimum absolute atomic E-state index is 0.0493. The molecule has 2 aromatic rings. The Balaban J connectivity index is 2.62. The summed E-state index contributed by atoms with van der Waals surface area (Å²) in [4.78, 5) is 0. The standard InChI is InChI=1S/C18H18O3/c1-3-5-12-7-8-16(19)14(9-12)15-10-13(6-4-2)11-17(20)18(15)21/h3-4,7-11,19-21H,1-2,5-6H2. The zero-order valence-corrected chi connectivity index (χ0v) is 11.7. The molecule has 0 aliphatic carbocycles. The van der Waals surface area contributed by atoms with Crippen molar-refractivity contribution in [2.75, 3.05) is 0 Å². The number of hydrogen-bond donors (Lipinski definition) is 3. The van der Waals surface area contributed by atoms with Gasteiger partial charge in [-0.2, -0.15) is 0 Å². The molecule has 3 heteroatoms. The highest BCUT2D eigenvalue weighted by atomic mass is 16.3. The van der Waals surface area contributed by atoms with Gasteiger partial charge in [0.1, 0.15) is 5.75 Å². The first kappa shape index (κ1) is 14.7. The van der Waals surface area contributed by atoms with E-state index in [0.29, 0.717) is 24.0 Å². The lowest BCUT2D eigenvalue weighted by atomic mass is 9.97. The Bertz CT molecular complexity index is 687. The van der Waals surface area contributed by atoms with Crippen LogP contribution in [-0.4, -0.2) is 15.3 Å². The molecule has 0 aliphatic rings. The van der Waals surface area contributed by atoms with Crippen LogP contribution in [0.3, 0.4) is 0 Å². The maximum Gasteiger partial charge on any atom is 0.165 e. The van der Waals surface area contributed by atoms with E-state index in [0.717, 1.165) is 11.1 Å². The molecule has 0 amide bonds. The van der Waals surface area contributed by atoms with Crippen LogP contribution in [0.4, 0.5) is 0 Å². The molecule has 0 saturated carbocycles. The second-order valence-electron chi connectivity index (χ2n) is 4.85. The fraction of sp³-hybridized carbons (Fsp3) is 0.111. The molecule has 2 rings (SSSR count). The molecule has 2 aromatic carbocycles. The van der Waals surface area contributed by atoms with E-state index in [4.69, 9.17) is 0 Å². The lowest BCUT2D eigenvalue weighted by Gasteiger charge is -2.12. The summed E-state index contributed by atoms with van der Waals surface area (Å²) in [6, 6.07) is 8.38. The summed E-state index contributed by atoms with van der Waals surface area (Å²) < 4.78 is 0. The Morgan fingerprint density at radius 1 is 0.762 bits per heavy atom. The second-order valence-corrected chi connectivity index (χ2v) is 4.85. The summed E-state index contributed by atoms with van der Waals surface area (Å²) in [5, 5.41) is 30.0. The van der Waals surface area contributed by atoms with Crippen molar-refractivity contribution in [3.8, 4) is 28.4 Å². The predicted molar refractivity (Wildman–Crippen MR) is 84.7 cm³/mol. The molecule has 108 valence electrons. The molecule has 0 fully saturated rings. The highest BCUT2D eigenvalue weighted by molar-refractivity contribution is 5.78. The van der Waals surface area contributed by atoms with Gasteiger partial charge < -0.3 is 15.3 Å². The quantitative estimate of drug-likeness (QED) is 0.575. The minimum atomic E-state index is -0.242. The van der Waals surface area contributed by atoms with E-state index in [9.17, 15) is 15.3 Å². The van der Waals surface area contributed by atoms with Gasteiger partial charge in [0.15, 0.2) is 11.5 Å². The summed E-state index contributed by atoms with van der Waals surface area (Å²) in [6.07, 6.45) is 4.70. The van der Waals surface area contributed by atoms with Gasteiger partial charge >= 0.3 is 0 Å². The first-order chi connectivity index (χ1) is 10.1. The predicted octanol–water partition coefficient (Wildman–Crippen LogP) is 3.93. The molecule has 3 nitrogen and oxygen atoms in total. The van der Waals surface area contributed by atoms with E-state index in [1.165, 1.54) is 6.07 Å². The van der Waals surface area contributed by atoms with Crippen LogP contribution < -0.4 is 0 Å². The average molecular weight is 282 g/mol. The molecule has 0 atom stereocenters. The number of phenolic OH excluding ortho intramolecular Hbond substituents is 3. The molecule has 0 aliphatic heterocycles. The number of phenols is 3. The summed E-state index contributed by atoms with van der Waals surface area (Å²) in [6.45, 7) is 7.35. The first-order valence-electron chi connectivity index (χ1n) is 6.65. The van der Waals surface area contributed by atoms with Crippen LogP contribution in [0.5, 0.6) is 17.2 Å². The van der Waals surface area contributed by atoms with Crippen molar-refractivity contribution in [1.82, 2.24) is 0 Å². The van der Waals surface area contributed by atoms with Crippen LogP contribution in [0.1, 0.15) is 11.1 Å². The van der Waals surface area contributed by atoms with E-state index in [2.05, 4.69) is 13.2 Å². The van der Waals surface area contributed by atoms with Crippen molar-refractivity contribution >= 4 is 0 Å². The normalized spacial score (nSPS) is 10.3. The Labute approximate surface area is 124 Å². The van der Waals surface area contributed by atoms with Crippen molar-refractivity contribution in [3.63, 3.8) is 0 Å². The van der Waals surface area contributed by atoms with Gasteiger partial charge in [0.2, 0.25) is 0 Å². The fourth-order valence-corrected chi connectivity index (χ4v) is 2.26. The number of rotatable bonds is 5. The van der Waals surface area contributed by atoms with Crippen molar-refractivity contribution in [1.29, 1.82) is 0 Å². The van der Waals surface area contributed by atoms with Crippen LogP contribution in [-0.2, 0) is 12.8 Å². The van der Waals surface area contributed by atoms with Crippen LogP contribution >= 0.6 is 0 Å². The van der Waals surface area contributed by atoms with Crippen molar-refractivity contribution < 1.29 is 15.3 Å². The van der Waals surface area contributed by atoms with Crippen LogP contribution in [0.15, 0.2) is 55.6 Å². The van der Waals surface area contributed by atoms with Gasteiger partial charge in [0.25, 0.3) is 0 Å². The van der Waals surface area contributed by atoms with Gasteiger partial charge in [-0.25, -0.2) is 0 Å². The molecule has 21 heavy (non-hydrogen) atoms. The molecule has 0 bridgehead atoms. The van der Waals surface area contributed by atoms with Crippen molar-refractivity contribution in [2.24, 2.45) is 0 Å². The summed E-state index contributed by atoms with van der Waals surface area (Å²) in [5.74, 6) is -0.403. The number of hydrogen-bond acceptors (Lipinski definition) is 3. The van der Waals surface area contributed by atoms with Gasteiger partial charge in [0.05, 0.1) is 0 Å². The lowest BCUT2D eigenvalue weighted by Crippen LogP contribution is -1.89. The van der Waals surface area contributed by atoms with E-state index in [1.54, 1.807) is 36.4 Å². The number of benzene rings is 2. The molecule has 0 aromatic heterocycles. The highest BCUT2D eigenvalue weighted by Crippen LogP contribution is 2.41. The Kier molecular flexibility index (Phi) is 4.33. The SMILES string of the molecule is C=CCc1ccc(O)c(-c2cc(CC=C)cc(O)c2O)c1. The number of aromatic hydroxyl groups is 3.